The number of anilines is 1. The summed E-state index contributed by atoms with van der Waals surface area (Å²) < 4.78 is 19.6. The molecule has 0 unspecified atom stereocenters. The highest BCUT2D eigenvalue weighted by Gasteiger charge is 2.14. The lowest BCUT2D eigenvalue weighted by Crippen LogP contribution is -2.15. The molecular weight excluding hydrogens is 305 g/mol. The number of carbonyl (C=O) groups excluding carboxylic acids is 1. The third-order valence-corrected chi connectivity index (χ3v) is 3.61. The molecule has 0 saturated carbocycles. The Bertz CT molecular complexity index is 890. The average molecular weight is 323 g/mol. The number of rotatable bonds is 4. The number of ether oxygens (including phenoxy) is 1. The third-order valence-electron chi connectivity index (χ3n) is 3.61. The lowest BCUT2D eigenvalue weighted by atomic mass is 10.0. The second kappa shape index (κ2) is 6.71. The number of benzene rings is 3. The summed E-state index contributed by atoms with van der Waals surface area (Å²) in [5.74, 6) is -0.0380. The molecule has 0 saturated heterocycles. The molecule has 0 heterocycles. The van der Waals surface area contributed by atoms with Crippen LogP contribution in [-0.2, 0) is 0 Å². The lowest BCUT2D eigenvalue weighted by molar-refractivity contribution is 0.102. The van der Waals surface area contributed by atoms with Crippen LogP contribution in [0.5, 0.6) is 5.75 Å². The minimum atomic E-state index is -0.342. The first-order valence-electron chi connectivity index (χ1n) is 7.80. The Hall–Kier alpha value is -2.88. The third kappa shape index (κ3) is 3.23. The summed E-state index contributed by atoms with van der Waals surface area (Å²) in [6.07, 6.45) is -0.00490. The summed E-state index contributed by atoms with van der Waals surface area (Å²) in [5, 5.41) is 3.87. The molecule has 0 aliphatic carbocycles. The minimum absolute atomic E-state index is 0.00490. The van der Waals surface area contributed by atoms with Crippen molar-refractivity contribution in [2.24, 2.45) is 0 Å². The van der Waals surface area contributed by atoms with E-state index in [1.165, 1.54) is 12.1 Å². The van der Waals surface area contributed by atoms with Gasteiger partial charge in [-0.25, -0.2) is 4.39 Å². The standard InChI is InChI=1S/C20H18FNO2/c1-13(2)24-19-10-6-5-9-18(19)22-20(23)16-11-12-17(21)15-8-4-3-7-14(15)16/h3-13H,1-2H3,(H,22,23). The van der Waals surface area contributed by atoms with Crippen molar-refractivity contribution in [3.8, 4) is 5.75 Å². The Morgan fingerprint density at radius 2 is 1.62 bits per heavy atom. The van der Waals surface area contributed by atoms with Gasteiger partial charge in [0.05, 0.1) is 11.8 Å². The summed E-state index contributed by atoms with van der Waals surface area (Å²) in [6.45, 7) is 3.85. The molecule has 0 fully saturated rings. The molecule has 0 radical (unpaired) electrons. The van der Waals surface area contributed by atoms with Crippen LogP contribution < -0.4 is 10.1 Å². The number of fused-ring (bicyclic) bond motifs is 1. The van der Waals surface area contributed by atoms with Crippen molar-refractivity contribution in [1.29, 1.82) is 0 Å². The van der Waals surface area contributed by atoms with E-state index in [-0.39, 0.29) is 17.8 Å². The van der Waals surface area contributed by atoms with E-state index in [2.05, 4.69) is 5.32 Å². The fraction of sp³-hybridized carbons (Fsp3) is 0.150. The number of halogens is 1. The van der Waals surface area contributed by atoms with Crippen LogP contribution in [0.3, 0.4) is 0 Å². The van der Waals surface area contributed by atoms with E-state index in [9.17, 15) is 9.18 Å². The monoisotopic (exact) mass is 323 g/mol. The number of amides is 1. The zero-order chi connectivity index (χ0) is 17.1. The maximum Gasteiger partial charge on any atom is 0.256 e. The normalized spacial score (nSPS) is 10.8. The van der Waals surface area contributed by atoms with E-state index in [1.807, 2.05) is 26.0 Å². The maximum atomic E-state index is 13.9. The van der Waals surface area contributed by atoms with Gasteiger partial charge in [0, 0.05) is 10.9 Å². The quantitative estimate of drug-likeness (QED) is 0.732. The fourth-order valence-electron chi connectivity index (χ4n) is 2.58. The Morgan fingerprint density at radius 1 is 0.958 bits per heavy atom. The smallest absolute Gasteiger partial charge is 0.256 e. The molecule has 24 heavy (non-hydrogen) atoms. The van der Waals surface area contributed by atoms with Crippen LogP contribution in [-0.4, -0.2) is 12.0 Å². The van der Waals surface area contributed by atoms with Gasteiger partial charge in [-0.05, 0) is 43.5 Å². The first-order valence-corrected chi connectivity index (χ1v) is 7.80. The highest BCUT2D eigenvalue weighted by atomic mass is 19.1. The molecule has 122 valence electrons. The van der Waals surface area contributed by atoms with E-state index < -0.39 is 0 Å². The molecule has 0 atom stereocenters. The molecule has 0 spiro atoms. The van der Waals surface area contributed by atoms with Crippen LogP contribution in [0.15, 0.2) is 60.7 Å². The molecule has 3 rings (SSSR count). The summed E-state index contributed by atoms with van der Waals surface area (Å²) in [6, 6.07) is 17.0. The van der Waals surface area contributed by atoms with Crippen molar-refractivity contribution in [2.45, 2.75) is 20.0 Å². The van der Waals surface area contributed by atoms with Crippen LogP contribution in [0.1, 0.15) is 24.2 Å². The topological polar surface area (TPSA) is 38.3 Å². The SMILES string of the molecule is CC(C)Oc1ccccc1NC(=O)c1ccc(F)c2ccccc12. The molecule has 1 amide bonds. The van der Waals surface area contributed by atoms with E-state index >= 15 is 0 Å². The van der Waals surface area contributed by atoms with Gasteiger partial charge in [-0.2, -0.15) is 0 Å². The zero-order valence-electron chi connectivity index (χ0n) is 13.5. The summed E-state index contributed by atoms with van der Waals surface area (Å²) >= 11 is 0. The van der Waals surface area contributed by atoms with Crippen molar-refractivity contribution in [1.82, 2.24) is 0 Å². The second-order valence-electron chi connectivity index (χ2n) is 5.76. The fourth-order valence-corrected chi connectivity index (χ4v) is 2.58. The highest BCUT2D eigenvalue weighted by molar-refractivity contribution is 6.13. The van der Waals surface area contributed by atoms with Crippen LogP contribution in [0.2, 0.25) is 0 Å². The van der Waals surface area contributed by atoms with Crippen molar-refractivity contribution < 1.29 is 13.9 Å². The molecule has 0 aliphatic heterocycles. The number of hydrogen-bond donors (Lipinski definition) is 1. The largest absolute Gasteiger partial charge is 0.489 e. The number of hydrogen-bond acceptors (Lipinski definition) is 2. The molecule has 3 nitrogen and oxygen atoms in total. The van der Waals surface area contributed by atoms with Crippen molar-refractivity contribution in [3.63, 3.8) is 0 Å². The molecule has 3 aromatic rings. The molecule has 0 aromatic heterocycles. The van der Waals surface area contributed by atoms with Crippen LogP contribution in [0, 0.1) is 5.82 Å². The number of para-hydroxylation sites is 2. The molecule has 0 aliphatic rings. The number of carbonyl (C=O) groups is 1. The van der Waals surface area contributed by atoms with Gasteiger partial charge >= 0.3 is 0 Å². The first-order chi connectivity index (χ1) is 11.6. The van der Waals surface area contributed by atoms with Crippen molar-refractivity contribution in [3.05, 3.63) is 72.0 Å². The summed E-state index contributed by atoms with van der Waals surface area (Å²) in [4.78, 5) is 12.7. The second-order valence-corrected chi connectivity index (χ2v) is 5.76. The van der Waals surface area contributed by atoms with E-state index in [4.69, 9.17) is 4.74 Å². The Balaban J connectivity index is 1.96. The van der Waals surface area contributed by atoms with Crippen molar-refractivity contribution in [2.75, 3.05) is 5.32 Å². The average Bonchev–Trinajstić information content (AvgIpc) is 2.57. The lowest BCUT2D eigenvalue weighted by Gasteiger charge is -2.15. The van der Waals surface area contributed by atoms with Gasteiger partial charge in [-0.15, -0.1) is 0 Å². The van der Waals surface area contributed by atoms with Gasteiger partial charge in [0.15, 0.2) is 0 Å². The Kier molecular flexibility index (Phi) is 4.47. The molecular formula is C20H18FNO2. The van der Waals surface area contributed by atoms with E-state index in [0.29, 0.717) is 27.8 Å². The summed E-state index contributed by atoms with van der Waals surface area (Å²) in [5.41, 5.74) is 1.01. The van der Waals surface area contributed by atoms with E-state index in [1.54, 1.807) is 36.4 Å². The van der Waals surface area contributed by atoms with Crippen LogP contribution >= 0.6 is 0 Å². The maximum absolute atomic E-state index is 13.9. The van der Waals surface area contributed by atoms with Gasteiger partial charge in [0.2, 0.25) is 0 Å². The summed E-state index contributed by atoms with van der Waals surface area (Å²) in [7, 11) is 0. The predicted octanol–water partition coefficient (Wildman–Crippen LogP) is 5.02. The highest BCUT2D eigenvalue weighted by Crippen LogP contribution is 2.27. The zero-order valence-corrected chi connectivity index (χ0v) is 13.5. The van der Waals surface area contributed by atoms with Gasteiger partial charge in [0.1, 0.15) is 11.6 Å². The molecule has 3 aromatic carbocycles. The Morgan fingerprint density at radius 3 is 2.38 bits per heavy atom. The molecule has 0 bridgehead atoms. The van der Waals surface area contributed by atoms with Gasteiger partial charge in [-0.1, -0.05) is 36.4 Å². The predicted molar refractivity (Wildman–Crippen MR) is 94.1 cm³/mol. The van der Waals surface area contributed by atoms with Crippen molar-refractivity contribution >= 4 is 22.4 Å². The molecule has 1 N–H and O–H groups in total. The van der Waals surface area contributed by atoms with Gasteiger partial charge in [0.25, 0.3) is 5.91 Å². The van der Waals surface area contributed by atoms with Gasteiger partial charge < -0.3 is 10.1 Å². The molecule has 4 heteroatoms. The van der Waals surface area contributed by atoms with Crippen LogP contribution in [0.4, 0.5) is 10.1 Å². The first kappa shape index (κ1) is 16.0. The Labute approximate surface area is 140 Å². The number of nitrogens with one attached hydrogen (secondary N) is 1. The van der Waals surface area contributed by atoms with E-state index in [0.717, 1.165) is 0 Å². The minimum Gasteiger partial charge on any atom is -0.489 e. The van der Waals surface area contributed by atoms with Gasteiger partial charge in [-0.3, -0.25) is 4.79 Å². The van der Waals surface area contributed by atoms with Crippen LogP contribution in [0.25, 0.3) is 10.8 Å².